The molecule has 6 rings (SSSR count). The summed E-state index contributed by atoms with van der Waals surface area (Å²) in [6, 6.07) is 6.48. The van der Waals surface area contributed by atoms with Crippen molar-refractivity contribution in [2.24, 2.45) is 0 Å². The van der Waals surface area contributed by atoms with E-state index in [1.807, 2.05) is 13.8 Å². The number of aromatic nitrogens is 6. The molecule has 2 fully saturated rings. The van der Waals surface area contributed by atoms with Crippen LogP contribution < -0.4 is 10.6 Å². The van der Waals surface area contributed by atoms with Crippen molar-refractivity contribution in [1.29, 1.82) is 0 Å². The van der Waals surface area contributed by atoms with Crippen molar-refractivity contribution >= 4 is 70.1 Å². The van der Waals surface area contributed by atoms with Crippen molar-refractivity contribution in [3.05, 3.63) is 65.7 Å². The van der Waals surface area contributed by atoms with Crippen LogP contribution in [0, 0.1) is 0 Å². The van der Waals surface area contributed by atoms with Gasteiger partial charge in [-0.3, -0.25) is 24.4 Å². The van der Waals surface area contributed by atoms with Crippen LogP contribution >= 0.6 is 11.8 Å². The molecule has 14 nitrogen and oxygen atoms in total. The van der Waals surface area contributed by atoms with E-state index < -0.39 is 34.7 Å². The van der Waals surface area contributed by atoms with Crippen LogP contribution in [0.3, 0.4) is 0 Å². The number of hydrogen-bond donors (Lipinski definition) is 5. The summed E-state index contributed by atoms with van der Waals surface area (Å²) in [5.41, 5.74) is 0.709. The van der Waals surface area contributed by atoms with Crippen molar-refractivity contribution in [3.8, 4) is 11.5 Å². The summed E-state index contributed by atoms with van der Waals surface area (Å²) < 4.78 is -0.444. The summed E-state index contributed by atoms with van der Waals surface area (Å²) in [4.78, 5) is 50.0. The number of rotatable bonds is 6. The molecule has 3 unspecified atom stereocenters. The molecule has 4 aromatic rings. The zero-order valence-corrected chi connectivity index (χ0v) is 22.0. The third kappa shape index (κ3) is 4.98. The van der Waals surface area contributed by atoms with E-state index >= 15 is 0 Å². The molecule has 2 saturated heterocycles. The summed E-state index contributed by atoms with van der Waals surface area (Å²) in [6.45, 7) is 3.93. The van der Waals surface area contributed by atoms with Gasteiger partial charge in [0.25, 0.3) is 5.91 Å². The molecule has 41 heavy (non-hydrogen) atoms. The van der Waals surface area contributed by atoms with Crippen molar-refractivity contribution in [3.63, 3.8) is 0 Å². The normalized spacial score (nSPS) is 21.4. The number of phenols is 1. The number of thioether (sulfide) groups is 1. The second-order valence-electron chi connectivity index (χ2n) is 9.92. The number of benzene rings is 1. The maximum atomic E-state index is 13.6. The molecule has 5 heterocycles. The van der Waals surface area contributed by atoms with E-state index in [1.165, 1.54) is 48.4 Å². The molecular weight excluding hydrogens is 561 g/mol. The number of aromatic hydroxyl groups is 2. The number of nitrogens with one attached hydrogen (secondary N) is 3. The Hall–Kier alpha value is -3.79. The van der Waals surface area contributed by atoms with Gasteiger partial charge in [-0.25, -0.2) is 5.10 Å². The first-order valence-corrected chi connectivity index (χ1v) is 13.1. The maximum absolute atomic E-state index is 13.6. The zero-order valence-electron chi connectivity index (χ0n) is 21.1. The fraction of sp³-hybridized carbons (Fsp3) is 0.280. The summed E-state index contributed by atoms with van der Waals surface area (Å²) in [6.07, 6.45) is 2.66. The van der Waals surface area contributed by atoms with Gasteiger partial charge >= 0.3 is 29.6 Å². The molecule has 16 heteroatoms. The second kappa shape index (κ2) is 10.9. The first-order chi connectivity index (χ1) is 19.2. The first-order valence-electron chi connectivity index (χ1n) is 12.2. The van der Waals surface area contributed by atoms with Crippen molar-refractivity contribution in [2.75, 3.05) is 0 Å². The number of nitrogens with zero attached hydrogens (tertiary/aromatic N) is 6. The van der Waals surface area contributed by atoms with E-state index in [0.717, 1.165) is 0 Å². The fourth-order valence-electron chi connectivity index (χ4n) is 5.06. The molecule has 0 bridgehead atoms. The standard InChI is InChI=1S/C25H23N9O5S.Na.H/c1-25(2)19(20-30-32-33-31-20)34-23(39)17(24(34)40-25)29-22(38)15(11-5-7-12(35)8-6-11)28-21(37)13-10-27-14-4-3-9-26-16(14)18(13)36;;/h3-10,15,17,19,24,35H,1-2H3,(H,27,36)(H,28,37)(H,29,38)(H,30,31,32,33);;/t15?,17?,19?,24-;;/m1../s1. The Kier molecular flexibility index (Phi) is 7.63. The van der Waals surface area contributed by atoms with Gasteiger partial charge in [0.15, 0.2) is 11.6 Å². The molecule has 3 amide bonds. The fourth-order valence-corrected chi connectivity index (χ4v) is 6.69. The number of tetrazole rings is 1. The molecular formula is C25H24N9NaO5S. The van der Waals surface area contributed by atoms with E-state index in [-0.39, 0.29) is 63.4 Å². The van der Waals surface area contributed by atoms with Crippen LogP contribution in [0.2, 0.25) is 0 Å². The van der Waals surface area contributed by atoms with Crippen LogP contribution in [0.1, 0.15) is 47.7 Å². The third-order valence-corrected chi connectivity index (χ3v) is 8.54. The van der Waals surface area contributed by atoms with Gasteiger partial charge in [-0.05, 0) is 54.1 Å². The molecule has 1 aromatic carbocycles. The quantitative estimate of drug-likeness (QED) is 0.154. The molecule has 0 saturated carbocycles. The summed E-state index contributed by atoms with van der Waals surface area (Å²) in [7, 11) is 0. The van der Waals surface area contributed by atoms with Gasteiger partial charge < -0.3 is 25.7 Å². The number of H-pyrrole nitrogens is 1. The zero-order chi connectivity index (χ0) is 28.2. The van der Waals surface area contributed by atoms with Crippen molar-refractivity contribution in [1.82, 2.24) is 46.1 Å². The number of β-lactam (4-membered cyclic amide) rings is 1. The minimum absolute atomic E-state index is 0. The van der Waals surface area contributed by atoms with Crippen LogP contribution in [0.25, 0.3) is 11.0 Å². The number of hydrogen-bond acceptors (Lipinski definition) is 11. The predicted molar refractivity (Wildman–Crippen MR) is 148 cm³/mol. The van der Waals surface area contributed by atoms with Crippen LogP contribution in [-0.4, -0.2) is 109 Å². The number of pyridine rings is 2. The van der Waals surface area contributed by atoms with Crippen LogP contribution in [0.15, 0.2) is 48.8 Å². The molecule has 0 aliphatic carbocycles. The van der Waals surface area contributed by atoms with Crippen LogP contribution in [0.5, 0.6) is 11.5 Å². The molecule has 206 valence electrons. The number of carbonyl (C=O) groups excluding carboxylic acids is 3. The van der Waals surface area contributed by atoms with Crippen molar-refractivity contribution in [2.45, 2.75) is 42.1 Å². The molecule has 0 radical (unpaired) electrons. The van der Waals surface area contributed by atoms with Gasteiger partial charge in [0.05, 0.1) is 5.52 Å². The Labute approximate surface area is 259 Å². The summed E-state index contributed by atoms with van der Waals surface area (Å²) >= 11 is 1.51. The van der Waals surface area contributed by atoms with Crippen LogP contribution in [0.4, 0.5) is 0 Å². The summed E-state index contributed by atoms with van der Waals surface area (Å²) in [5.74, 6) is -1.69. The van der Waals surface area contributed by atoms with Gasteiger partial charge in [0, 0.05) is 17.1 Å². The molecule has 4 atom stereocenters. The molecule has 5 N–H and O–H groups in total. The van der Waals surface area contributed by atoms with Gasteiger partial charge in [-0.1, -0.05) is 12.1 Å². The molecule has 3 aromatic heterocycles. The number of carbonyl (C=O) groups is 3. The molecule has 0 spiro atoms. The number of aromatic amines is 1. The minimum atomic E-state index is -1.26. The van der Waals surface area contributed by atoms with Gasteiger partial charge in [-0.15, -0.1) is 16.9 Å². The SMILES string of the molecule is CC1(C)S[C@@H]2C(NC(=O)C(NC(=O)c3cnc4cccnc4c3O)c3ccc(O)cc3)C(=O)N2C1c1nnn[nH]1.[NaH]. The van der Waals surface area contributed by atoms with E-state index in [9.17, 15) is 24.6 Å². The number of fused-ring (bicyclic) bond motifs is 2. The summed E-state index contributed by atoms with van der Waals surface area (Å²) in [5, 5.41) is 39.4. The first kappa shape index (κ1) is 28.7. The Morgan fingerprint density at radius 1 is 1.15 bits per heavy atom. The molecule has 2 aliphatic rings. The van der Waals surface area contributed by atoms with Crippen molar-refractivity contribution < 1.29 is 24.6 Å². The predicted octanol–water partition coefficient (Wildman–Crippen LogP) is 0.296. The Morgan fingerprint density at radius 3 is 2.61 bits per heavy atom. The van der Waals surface area contributed by atoms with E-state index in [0.29, 0.717) is 16.9 Å². The van der Waals surface area contributed by atoms with Gasteiger partial charge in [-0.2, -0.15) is 0 Å². The van der Waals surface area contributed by atoms with Gasteiger partial charge in [0.1, 0.15) is 40.3 Å². The number of amides is 3. The Morgan fingerprint density at radius 2 is 1.90 bits per heavy atom. The second-order valence-corrected chi connectivity index (χ2v) is 11.7. The Balaban J connectivity index is 0.00000337. The average molecular weight is 586 g/mol. The van der Waals surface area contributed by atoms with E-state index in [1.54, 1.807) is 17.0 Å². The average Bonchev–Trinajstić information content (AvgIpc) is 3.55. The van der Waals surface area contributed by atoms with Gasteiger partial charge in [0.2, 0.25) is 11.8 Å². The monoisotopic (exact) mass is 585 g/mol. The van der Waals surface area contributed by atoms with Crippen LogP contribution in [-0.2, 0) is 9.59 Å². The number of phenolic OH excluding ortho intramolecular Hbond substituents is 1. The van der Waals surface area contributed by atoms with E-state index in [4.69, 9.17) is 0 Å². The van der Waals surface area contributed by atoms with E-state index in [2.05, 4.69) is 41.2 Å². The third-order valence-electron chi connectivity index (χ3n) is 6.97. The molecule has 2 aliphatic heterocycles. The topological polar surface area (TPSA) is 199 Å². The Bertz CT molecular complexity index is 1640.